The van der Waals surface area contributed by atoms with E-state index in [0.29, 0.717) is 26.2 Å². The molecule has 0 bridgehead atoms. The zero-order chi connectivity index (χ0) is 14.7. The van der Waals surface area contributed by atoms with Gasteiger partial charge in [-0.25, -0.2) is 0 Å². The number of aliphatic hydroxyl groups is 1. The number of hydrogen-bond acceptors (Lipinski definition) is 5. The average Bonchev–Trinajstić information content (AvgIpc) is 2.94. The van der Waals surface area contributed by atoms with Gasteiger partial charge in [0.05, 0.1) is 29.7 Å². The topological polar surface area (TPSA) is 67.3 Å². The van der Waals surface area contributed by atoms with E-state index in [0.717, 1.165) is 35.1 Å². The van der Waals surface area contributed by atoms with Crippen molar-refractivity contribution in [1.29, 1.82) is 0 Å². The lowest BCUT2D eigenvalue weighted by atomic mass is 10.0. The summed E-state index contributed by atoms with van der Waals surface area (Å²) in [5, 5.41) is 14.7. The summed E-state index contributed by atoms with van der Waals surface area (Å²) >= 11 is 0. The van der Waals surface area contributed by atoms with Crippen LogP contribution in [0.1, 0.15) is 25.5 Å². The molecule has 0 aliphatic carbocycles. The molecule has 112 valence electrons. The Balaban J connectivity index is 1.87. The zero-order valence-corrected chi connectivity index (χ0v) is 12.3. The number of ether oxygens (including phenoxy) is 1. The van der Waals surface area contributed by atoms with Crippen LogP contribution in [0.25, 0.3) is 10.9 Å². The molecule has 1 aliphatic rings. The van der Waals surface area contributed by atoms with E-state index in [1.54, 1.807) is 6.20 Å². The summed E-state index contributed by atoms with van der Waals surface area (Å²) < 4.78 is 5.27. The minimum atomic E-state index is -0.781. The Morgan fingerprint density at radius 3 is 3.10 bits per heavy atom. The van der Waals surface area contributed by atoms with Gasteiger partial charge in [-0.15, -0.1) is 0 Å². The average molecular weight is 287 g/mol. The molecular formula is C16H21N3O2. The molecule has 5 nitrogen and oxygen atoms in total. The molecule has 21 heavy (non-hydrogen) atoms. The van der Waals surface area contributed by atoms with E-state index in [4.69, 9.17) is 4.74 Å². The molecule has 0 amide bonds. The van der Waals surface area contributed by atoms with Crippen LogP contribution in [0.2, 0.25) is 0 Å². The van der Waals surface area contributed by atoms with Crippen molar-refractivity contribution in [3.05, 3.63) is 30.2 Å². The highest BCUT2D eigenvalue weighted by Crippen LogP contribution is 2.25. The van der Waals surface area contributed by atoms with E-state index in [-0.39, 0.29) is 0 Å². The number of aromatic nitrogens is 2. The molecule has 0 aromatic carbocycles. The molecule has 3 heterocycles. The predicted octanol–water partition coefficient (Wildman–Crippen LogP) is 2.15. The van der Waals surface area contributed by atoms with E-state index in [2.05, 4.69) is 22.2 Å². The van der Waals surface area contributed by atoms with Gasteiger partial charge < -0.3 is 15.2 Å². The molecule has 0 radical (unpaired) electrons. The number of rotatable bonds is 5. The van der Waals surface area contributed by atoms with Gasteiger partial charge in [0.25, 0.3) is 0 Å². The Morgan fingerprint density at radius 1 is 1.43 bits per heavy atom. The first-order chi connectivity index (χ1) is 10.2. The first-order valence-electron chi connectivity index (χ1n) is 7.48. The Hall–Kier alpha value is -1.72. The summed E-state index contributed by atoms with van der Waals surface area (Å²) in [5.41, 5.74) is 2.11. The predicted molar refractivity (Wildman–Crippen MR) is 82.4 cm³/mol. The molecule has 1 aliphatic heterocycles. The van der Waals surface area contributed by atoms with E-state index >= 15 is 0 Å². The van der Waals surface area contributed by atoms with Gasteiger partial charge in [0.15, 0.2) is 0 Å². The number of aryl methyl sites for hydroxylation is 1. The molecule has 3 rings (SSSR count). The molecule has 1 unspecified atom stereocenters. The number of nitrogens with zero attached hydrogens (tertiary/aromatic N) is 2. The van der Waals surface area contributed by atoms with Crippen LogP contribution in [-0.4, -0.2) is 40.4 Å². The fourth-order valence-electron chi connectivity index (χ4n) is 2.68. The lowest BCUT2D eigenvalue weighted by Crippen LogP contribution is -2.37. The molecular weight excluding hydrogens is 266 g/mol. The molecule has 2 aromatic heterocycles. The molecule has 1 saturated heterocycles. The van der Waals surface area contributed by atoms with Crippen molar-refractivity contribution >= 4 is 16.6 Å². The maximum Gasteiger partial charge on any atom is 0.107 e. The summed E-state index contributed by atoms with van der Waals surface area (Å²) in [6, 6.07) is 3.97. The lowest BCUT2D eigenvalue weighted by molar-refractivity contribution is 0.0382. The Kier molecular flexibility index (Phi) is 4.03. The fraction of sp³-hybridized carbons (Fsp3) is 0.500. The number of hydrogen-bond donors (Lipinski definition) is 2. The Morgan fingerprint density at radius 2 is 2.33 bits per heavy atom. The highest BCUT2D eigenvalue weighted by molar-refractivity contribution is 5.92. The first kappa shape index (κ1) is 14.2. The first-order valence-corrected chi connectivity index (χ1v) is 7.48. The van der Waals surface area contributed by atoms with Gasteiger partial charge in [0.1, 0.15) is 5.60 Å². The van der Waals surface area contributed by atoms with Crippen LogP contribution in [0.15, 0.2) is 24.5 Å². The lowest BCUT2D eigenvalue weighted by Gasteiger charge is -2.22. The number of anilines is 1. The van der Waals surface area contributed by atoms with Crippen molar-refractivity contribution in [2.45, 2.75) is 31.8 Å². The van der Waals surface area contributed by atoms with Crippen LogP contribution in [-0.2, 0) is 11.2 Å². The number of fused-ring (bicyclic) bond motifs is 1. The number of pyridine rings is 2. The zero-order valence-electron chi connectivity index (χ0n) is 12.3. The van der Waals surface area contributed by atoms with E-state index < -0.39 is 5.60 Å². The Bertz CT molecular complexity index is 624. The number of nitrogens with one attached hydrogen (secondary N) is 1. The van der Waals surface area contributed by atoms with Crippen molar-refractivity contribution < 1.29 is 9.84 Å². The monoisotopic (exact) mass is 287 g/mol. The van der Waals surface area contributed by atoms with Crippen LogP contribution in [0.3, 0.4) is 0 Å². The summed E-state index contributed by atoms with van der Waals surface area (Å²) in [5.74, 6) is 0. The van der Waals surface area contributed by atoms with Gasteiger partial charge in [-0.2, -0.15) is 0 Å². The smallest absolute Gasteiger partial charge is 0.107 e. The molecule has 2 N–H and O–H groups in total. The highest BCUT2D eigenvalue weighted by Gasteiger charge is 2.32. The van der Waals surface area contributed by atoms with E-state index in [1.165, 1.54) is 0 Å². The standard InChI is InChI=1S/C16H21N3O2/c1-2-4-13-15-12(5-3-7-17-15)14(9-18-13)19-10-16(20)6-8-21-11-16/h3,5,7,9,19-20H,2,4,6,8,10-11H2,1H3. The third kappa shape index (κ3) is 2.99. The van der Waals surface area contributed by atoms with Crippen molar-refractivity contribution in [3.63, 3.8) is 0 Å². The molecule has 1 atom stereocenters. The normalized spacial score (nSPS) is 21.8. The summed E-state index contributed by atoms with van der Waals surface area (Å²) in [7, 11) is 0. The van der Waals surface area contributed by atoms with E-state index in [9.17, 15) is 5.11 Å². The van der Waals surface area contributed by atoms with Gasteiger partial charge in [-0.05, 0) is 18.6 Å². The third-order valence-electron chi connectivity index (χ3n) is 3.90. The minimum Gasteiger partial charge on any atom is -0.386 e. The van der Waals surface area contributed by atoms with Gasteiger partial charge in [0, 0.05) is 31.2 Å². The van der Waals surface area contributed by atoms with Crippen LogP contribution < -0.4 is 5.32 Å². The summed E-state index contributed by atoms with van der Waals surface area (Å²) in [6.07, 6.45) is 6.27. The maximum absolute atomic E-state index is 10.3. The third-order valence-corrected chi connectivity index (χ3v) is 3.90. The minimum absolute atomic E-state index is 0.386. The second kappa shape index (κ2) is 5.95. The van der Waals surface area contributed by atoms with Crippen LogP contribution in [0.5, 0.6) is 0 Å². The second-order valence-electron chi connectivity index (χ2n) is 5.65. The van der Waals surface area contributed by atoms with Gasteiger partial charge in [0.2, 0.25) is 0 Å². The van der Waals surface area contributed by atoms with E-state index in [1.807, 2.05) is 18.3 Å². The summed E-state index contributed by atoms with van der Waals surface area (Å²) in [6.45, 7) is 3.61. The van der Waals surface area contributed by atoms with Crippen LogP contribution >= 0.6 is 0 Å². The molecule has 0 saturated carbocycles. The molecule has 2 aromatic rings. The van der Waals surface area contributed by atoms with Crippen LogP contribution in [0, 0.1) is 0 Å². The van der Waals surface area contributed by atoms with Gasteiger partial charge in [-0.3, -0.25) is 9.97 Å². The maximum atomic E-state index is 10.3. The summed E-state index contributed by atoms with van der Waals surface area (Å²) in [4.78, 5) is 8.99. The SMILES string of the molecule is CCCc1ncc(NCC2(O)CCOC2)c2cccnc12. The van der Waals surface area contributed by atoms with Crippen molar-refractivity contribution in [1.82, 2.24) is 9.97 Å². The van der Waals surface area contributed by atoms with Gasteiger partial charge in [-0.1, -0.05) is 13.3 Å². The largest absolute Gasteiger partial charge is 0.386 e. The second-order valence-corrected chi connectivity index (χ2v) is 5.65. The quantitative estimate of drug-likeness (QED) is 0.882. The van der Waals surface area contributed by atoms with Crippen LogP contribution in [0.4, 0.5) is 5.69 Å². The Labute approximate surface area is 124 Å². The van der Waals surface area contributed by atoms with Gasteiger partial charge >= 0.3 is 0 Å². The fourth-order valence-corrected chi connectivity index (χ4v) is 2.68. The molecule has 0 spiro atoms. The van der Waals surface area contributed by atoms with Crippen molar-refractivity contribution in [2.24, 2.45) is 0 Å². The van der Waals surface area contributed by atoms with Crippen molar-refractivity contribution in [3.8, 4) is 0 Å². The van der Waals surface area contributed by atoms with Crippen molar-refractivity contribution in [2.75, 3.05) is 25.1 Å². The molecule has 5 heteroatoms. The molecule has 1 fully saturated rings. The highest BCUT2D eigenvalue weighted by atomic mass is 16.5.